The molecular formula is C9H7NO3S. The van der Waals surface area contributed by atoms with Gasteiger partial charge in [-0.05, 0) is 6.07 Å². The van der Waals surface area contributed by atoms with Crippen molar-refractivity contribution in [2.45, 2.75) is 4.90 Å². The number of hydrogen-bond acceptors (Lipinski definition) is 3. The molecule has 0 amide bonds. The van der Waals surface area contributed by atoms with E-state index in [0.29, 0.717) is 0 Å². The summed E-state index contributed by atoms with van der Waals surface area (Å²) in [6, 6.07) is 5.87. The molecule has 0 saturated carbocycles. The van der Waals surface area contributed by atoms with E-state index in [4.69, 9.17) is 0 Å². The van der Waals surface area contributed by atoms with Crippen LogP contribution in [-0.4, -0.2) is 9.13 Å². The molecule has 0 N–H and O–H groups in total. The highest BCUT2D eigenvalue weighted by molar-refractivity contribution is 7.88. The van der Waals surface area contributed by atoms with Gasteiger partial charge in [-0.2, -0.15) is 0 Å². The Bertz CT molecular complexity index is 435. The van der Waals surface area contributed by atoms with Crippen molar-refractivity contribution in [3.63, 3.8) is 0 Å². The van der Waals surface area contributed by atoms with Gasteiger partial charge in [-0.1, -0.05) is 18.7 Å². The fourth-order valence-corrected chi connectivity index (χ4v) is 1.76. The molecule has 14 heavy (non-hydrogen) atoms. The lowest BCUT2D eigenvalue weighted by Crippen LogP contribution is -1.95. The Morgan fingerprint density at radius 2 is 2.14 bits per heavy atom. The molecule has 1 aromatic carbocycles. The Balaban J connectivity index is 3.26. The highest BCUT2D eigenvalue weighted by Gasteiger charge is 2.15. The first-order chi connectivity index (χ1) is 6.66. The maximum atomic E-state index is 11.4. The maximum absolute atomic E-state index is 11.4. The second-order valence-electron chi connectivity index (χ2n) is 2.34. The van der Waals surface area contributed by atoms with Crippen LogP contribution < -0.4 is 0 Å². The molecule has 0 aliphatic rings. The number of nitro groups is 1. The molecular weight excluding hydrogens is 202 g/mol. The molecule has 4 nitrogen and oxygen atoms in total. The lowest BCUT2D eigenvalue weighted by atomic mass is 10.3. The summed E-state index contributed by atoms with van der Waals surface area (Å²) in [7, 11) is -1.56. The average molecular weight is 209 g/mol. The van der Waals surface area contributed by atoms with Gasteiger partial charge in [0.25, 0.3) is 5.69 Å². The van der Waals surface area contributed by atoms with Gasteiger partial charge in [0.2, 0.25) is 0 Å². The summed E-state index contributed by atoms with van der Waals surface area (Å²) < 4.78 is 11.4. The van der Waals surface area contributed by atoms with Gasteiger partial charge in [0.1, 0.15) is 4.90 Å². The first kappa shape index (κ1) is 10.4. The van der Waals surface area contributed by atoms with Gasteiger partial charge in [-0.15, -0.1) is 5.73 Å². The number of nitro benzene ring substituents is 1. The first-order valence-corrected chi connectivity index (χ1v) is 4.88. The quantitative estimate of drug-likeness (QED) is 0.434. The summed E-state index contributed by atoms with van der Waals surface area (Å²) in [4.78, 5) is 10.1. The topological polar surface area (TPSA) is 60.2 Å². The Labute approximate surface area is 83.2 Å². The van der Waals surface area contributed by atoms with Gasteiger partial charge < -0.3 is 0 Å². The number of benzene rings is 1. The third-order valence-corrected chi connectivity index (χ3v) is 2.63. The van der Waals surface area contributed by atoms with Gasteiger partial charge in [0, 0.05) is 11.5 Å². The molecule has 0 radical (unpaired) electrons. The van der Waals surface area contributed by atoms with Gasteiger partial charge in [-0.3, -0.25) is 10.1 Å². The van der Waals surface area contributed by atoms with E-state index in [0.717, 1.165) is 0 Å². The minimum atomic E-state index is -1.56. The third kappa shape index (κ3) is 2.16. The van der Waals surface area contributed by atoms with E-state index in [1.54, 1.807) is 6.07 Å². The molecule has 1 aromatic rings. The van der Waals surface area contributed by atoms with Crippen LogP contribution in [0.5, 0.6) is 0 Å². The Morgan fingerprint density at radius 3 is 2.71 bits per heavy atom. The van der Waals surface area contributed by atoms with Gasteiger partial charge in [0.15, 0.2) is 0 Å². The minimum Gasteiger partial charge on any atom is -0.258 e. The zero-order chi connectivity index (χ0) is 10.6. The Hall–Kier alpha value is -1.71. The standard InChI is InChI=1S/C9H7NO3S/c1-2-7-14(13)9-6-4-3-5-8(9)10(11)12/h3-7H,1H2/t14-/m0/s1. The Morgan fingerprint density at radius 1 is 1.50 bits per heavy atom. The Kier molecular flexibility index (Phi) is 3.34. The predicted octanol–water partition coefficient (Wildman–Crippen LogP) is 2.00. The average Bonchev–Trinajstić information content (AvgIpc) is 2.18. The molecule has 0 aliphatic heterocycles. The summed E-state index contributed by atoms with van der Waals surface area (Å²) in [5.74, 6) is 0. The minimum absolute atomic E-state index is 0.155. The van der Waals surface area contributed by atoms with E-state index in [2.05, 4.69) is 12.3 Å². The second kappa shape index (κ2) is 4.50. The van der Waals surface area contributed by atoms with Crippen molar-refractivity contribution in [1.82, 2.24) is 0 Å². The van der Waals surface area contributed by atoms with Crippen molar-refractivity contribution < 1.29 is 9.13 Å². The summed E-state index contributed by atoms with van der Waals surface area (Å²) >= 11 is 0. The number of para-hydroxylation sites is 1. The van der Waals surface area contributed by atoms with Crippen LogP contribution in [0.25, 0.3) is 0 Å². The highest BCUT2D eigenvalue weighted by atomic mass is 32.2. The summed E-state index contributed by atoms with van der Waals surface area (Å²) in [6.45, 7) is 3.26. The predicted molar refractivity (Wildman–Crippen MR) is 53.2 cm³/mol. The molecule has 0 aliphatic carbocycles. The van der Waals surface area contributed by atoms with Gasteiger partial charge in [0.05, 0.1) is 15.7 Å². The molecule has 72 valence electrons. The summed E-state index contributed by atoms with van der Waals surface area (Å²) in [6.07, 6.45) is 0. The zero-order valence-electron chi connectivity index (χ0n) is 7.17. The lowest BCUT2D eigenvalue weighted by molar-refractivity contribution is -0.387. The van der Waals surface area contributed by atoms with E-state index in [-0.39, 0.29) is 10.6 Å². The van der Waals surface area contributed by atoms with Gasteiger partial charge in [-0.25, -0.2) is 4.21 Å². The largest absolute Gasteiger partial charge is 0.285 e. The molecule has 1 atom stereocenters. The van der Waals surface area contributed by atoms with Crippen molar-refractivity contribution in [3.8, 4) is 0 Å². The van der Waals surface area contributed by atoms with Crippen LogP contribution in [-0.2, 0) is 10.8 Å². The van der Waals surface area contributed by atoms with Crippen LogP contribution in [0, 0.1) is 10.1 Å². The molecule has 0 heterocycles. The zero-order valence-corrected chi connectivity index (χ0v) is 7.99. The maximum Gasteiger partial charge on any atom is 0.285 e. The summed E-state index contributed by atoms with van der Waals surface area (Å²) in [5, 5.41) is 11.7. The van der Waals surface area contributed by atoms with Crippen molar-refractivity contribution >= 4 is 16.5 Å². The molecule has 1 rings (SSSR count). The molecule has 0 bridgehead atoms. The van der Waals surface area contributed by atoms with E-state index in [1.807, 2.05) is 0 Å². The smallest absolute Gasteiger partial charge is 0.258 e. The van der Waals surface area contributed by atoms with Gasteiger partial charge >= 0.3 is 0 Å². The van der Waals surface area contributed by atoms with Crippen molar-refractivity contribution in [1.29, 1.82) is 0 Å². The second-order valence-corrected chi connectivity index (χ2v) is 3.61. The highest BCUT2D eigenvalue weighted by Crippen LogP contribution is 2.21. The number of hydrogen-bond donors (Lipinski definition) is 0. The van der Waals surface area contributed by atoms with Crippen LogP contribution >= 0.6 is 0 Å². The van der Waals surface area contributed by atoms with E-state index in [1.165, 1.54) is 23.6 Å². The van der Waals surface area contributed by atoms with Crippen molar-refractivity contribution in [3.05, 3.63) is 52.1 Å². The molecule has 5 heteroatoms. The SMILES string of the molecule is C=C=C[S@](=O)c1ccccc1[N+](=O)[O-]. The summed E-state index contributed by atoms with van der Waals surface area (Å²) in [5.41, 5.74) is 2.18. The molecule has 0 saturated heterocycles. The molecule has 0 spiro atoms. The van der Waals surface area contributed by atoms with Crippen LogP contribution in [0.4, 0.5) is 5.69 Å². The third-order valence-electron chi connectivity index (χ3n) is 1.47. The van der Waals surface area contributed by atoms with E-state index >= 15 is 0 Å². The van der Waals surface area contributed by atoms with Crippen LogP contribution in [0.3, 0.4) is 0 Å². The van der Waals surface area contributed by atoms with Crippen molar-refractivity contribution in [2.75, 3.05) is 0 Å². The normalized spacial score (nSPS) is 11.4. The molecule has 0 unspecified atom stereocenters. The van der Waals surface area contributed by atoms with Crippen LogP contribution in [0.2, 0.25) is 0 Å². The monoisotopic (exact) mass is 209 g/mol. The van der Waals surface area contributed by atoms with E-state index < -0.39 is 15.7 Å². The van der Waals surface area contributed by atoms with Crippen LogP contribution in [0.15, 0.2) is 46.9 Å². The van der Waals surface area contributed by atoms with Crippen molar-refractivity contribution in [2.24, 2.45) is 0 Å². The number of rotatable bonds is 3. The fourth-order valence-electron chi connectivity index (χ4n) is 0.917. The first-order valence-electron chi connectivity index (χ1n) is 3.66. The molecule has 0 fully saturated rings. The number of nitrogens with zero attached hydrogens (tertiary/aromatic N) is 1. The van der Waals surface area contributed by atoms with E-state index in [9.17, 15) is 14.3 Å². The molecule has 0 aromatic heterocycles. The fraction of sp³-hybridized carbons (Fsp3) is 0. The van der Waals surface area contributed by atoms with Crippen LogP contribution in [0.1, 0.15) is 0 Å². The lowest BCUT2D eigenvalue weighted by Gasteiger charge is -1.97.